The Labute approximate surface area is 75.7 Å². The zero-order chi connectivity index (χ0) is 8.97. The lowest BCUT2D eigenvalue weighted by atomic mass is 10.0. The SMILES string of the molecule is CNC(CC1CC1)CC(C)OC. The predicted molar refractivity (Wildman–Crippen MR) is 51.3 cm³/mol. The van der Waals surface area contributed by atoms with Crippen molar-refractivity contribution in [1.82, 2.24) is 5.32 Å². The van der Waals surface area contributed by atoms with E-state index in [0.717, 1.165) is 12.3 Å². The minimum atomic E-state index is 0.390. The molecule has 1 aliphatic carbocycles. The highest BCUT2D eigenvalue weighted by atomic mass is 16.5. The summed E-state index contributed by atoms with van der Waals surface area (Å²) >= 11 is 0. The first-order valence-corrected chi connectivity index (χ1v) is 4.96. The van der Waals surface area contributed by atoms with E-state index in [-0.39, 0.29) is 0 Å². The van der Waals surface area contributed by atoms with E-state index in [1.165, 1.54) is 19.3 Å². The first-order valence-electron chi connectivity index (χ1n) is 4.96. The topological polar surface area (TPSA) is 21.3 Å². The number of ether oxygens (including phenoxy) is 1. The summed E-state index contributed by atoms with van der Waals surface area (Å²) in [5.41, 5.74) is 0. The van der Waals surface area contributed by atoms with Crippen LogP contribution in [0.2, 0.25) is 0 Å². The smallest absolute Gasteiger partial charge is 0.0558 e. The molecule has 2 unspecified atom stereocenters. The second kappa shape index (κ2) is 4.83. The lowest BCUT2D eigenvalue weighted by Gasteiger charge is -2.19. The van der Waals surface area contributed by atoms with Crippen LogP contribution in [0.25, 0.3) is 0 Å². The highest BCUT2D eigenvalue weighted by Gasteiger charge is 2.25. The fourth-order valence-electron chi connectivity index (χ4n) is 1.58. The molecule has 0 aliphatic heterocycles. The molecule has 0 heterocycles. The highest BCUT2D eigenvalue weighted by molar-refractivity contribution is 4.80. The van der Waals surface area contributed by atoms with Crippen molar-refractivity contribution in [3.63, 3.8) is 0 Å². The van der Waals surface area contributed by atoms with Gasteiger partial charge in [-0.1, -0.05) is 12.8 Å². The first kappa shape index (κ1) is 10.0. The van der Waals surface area contributed by atoms with Gasteiger partial charge in [0, 0.05) is 13.2 Å². The lowest BCUT2D eigenvalue weighted by Crippen LogP contribution is -2.29. The number of hydrogen-bond acceptors (Lipinski definition) is 2. The maximum Gasteiger partial charge on any atom is 0.0558 e. The molecule has 2 nitrogen and oxygen atoms in total. The minimum absolute atomic E-state index is 0.390. The molecule has 0 amide bonds. The second-order valence-electron chi connectivity index (χ2n) is 3.95. The zero-order valence-electron chi connectivity index (χ0n) is 8.47. The van der Waals surface area contributed by atoms with Crippen molar-refractivity contribution in [2.75, 3.05) is 14.2 Å². The summed E-state index contributed by atoms with van der Waals surface area (Å²) in [6, 6.07) is 0.660. The predicted octanol–water partition coefficient (Wildman–Crippen LogP) is 1.80. The summed E-state index contributed by atoms with van der Waals surface area (Å²) in [6.45, 7) is 2.14. The maximum atomic E-state index is 5.24. The molecule has 12 heavy (non-hydrogen) atoms. The van der Waals surface area contributed by atoms with Gasteiger partial charge >= 0.3 is 0 Å². The number of rotatable bonds is 6. The summed E-state index contributed by atoms with van der Waals surface area (Å²) in [6.07, 6.45) is 5.76. The minimum Gasteiger partial charge on any atom is -0.382 e. The molecule has 0 aromatic heterocycles. The largest absolute Gasteiger partial charge is 0.382 e. The van der Waals surface area contributed by atoms with Crippen LogP contribution in [0.15, 0.2) is 0 Å². The van der Waals surface area contributed by atoms with Gasteiger partial charge in [0.2, 0.25) is 0 Å². The zero-order valence-corrected chi connectivity index (χ0v) is 8.47. The van der Waals surface area contributed by atoms with Crippen LogP contribution in [-0.4, -0.2) is 26.3 Å². The quantitative estimate of drug-likeness (QED) is 0.658. The van der Waals surface area contributed by atoms with Crippen molar-refractivity contribution in [3.8, 4) is 0 Å². The maximum absolute atomic E-state index is 5.24. The van der Waals surface area contributed by atoms with Crippen LogP contribution in [0, 0.1) is 5.92 Å². The Balaban J connectivity index is 2.14. The van der Waals surface area contributed by atoms with E-state index in [2.05, 4.69) is 19.3 Å². The number of methoxy groups -OCH3 is 1. The van der Waals surface area contributed by atoms with Crippen molar-refractivity contribution in [2.45, 2.75) is 44.8 Å². The fourth-order valence-corrected chi connectivity index (χ4v) is 1.58. The Bertz CT molecular complexity index is 123. The third-order valence-electron chi connectivity index (χ3n) is 2.74. The van der Waals surface area contributed by atoms with Crippen LogP contribution in [0.3, 0.4) is 0 Å². The summed E-state index contributed by atoms with van der Waals surface area (Å²) in [5, 5.41) is 3.36. The molecule has 72 valence electrons. The van der Waals surface area contributed by atoms with Crippen LogP contribution < -0.4 is 5.32 Å². The van der Waals surface area contributed by atoms with Crippen molar-refractivity contribution in [1.29, 1.82) is 0 Å². The van der Waals surface area contributed by atoms with Crippen molar-refractivity contribution in [3.05, 3.63) is 0 Å². The monoisotopic (exact) mass is 171 g/mol. The lowest BCUT2D eigenvalue weighted by molar-refractivity contribution is 0.0996. The van der Waals surface area contributed by atoms with Gasteiger partial charge in [-0.05, 0) is 32.7 Å². The standard InChI is InChI=1S/C10H21NO/c1-8(12-3)6-10(11-2)7-9-4-5-9/h8-11H,4-7H2,1-3H3. The van der Waals surface area contributed by atoms with Gasteiger partial charge in [0.05, 0.1) is 6.10 Å². The third kappa shape index (κ3) is 3.55. The average Bonchev–Trinajstić information content (AvgIpc) is 2.86. The van der Waals surface area contributed by atoms with Crippen LogP contribution in [0.1, 0.15) is 32.6 Å². The molecule has 0 bridgehead atoms. The molecule has 1 aliphatic rings. The van der Waals surface area contributed by atoms with E-state index in [9.17, 15) is 0 Å². The molecule has 0 saturated heterocycles. The molecule has 0 aromatic rings. The van der Waals surface area contributed by atoms with Gasteiger partial charge in [-0.3, -0.25) is 0 Å². The highest BCUT2D eigenvalue weighted by Crippen LogP contribution is 2.34. The average molecular weight is 171 g/mol. The molecule has 2 atom stereocenters. The van der Waals surface area contributed by atoms with Gasteiger partial charge in [0.15, 0.2) is 0 Å². The van der Waals surface area contributed by atoms with E-state index < -0.39 is 0 Å². The van der Waals surface area contributed by atoms with Crippen molar-refractivity contribution >= 4 is 0 Å². The second-order valence-corrected chi connectivity index (χ2v) is 3.95. The van der Waals surface area contributed by atoms with Crippen LogP contribution in [0.5, 0.6) is 0 Å². The number of nitrogens with one attached hydrogen (secondary N) is 1. The summed E-state index contributed by atoms with van der Waals surface area (Å²) in [7, 11) is 3.84. The van der Waals surface area contributed by atoms with Gasteiger partial charge in [-0.25, -0.2) is 0 Å². The van der Waals surface area contributed by atoms with E-state index in [4.69, 9.17) is 4.74 Å². The summed E-state index contributed by atoms with van der Waals surface area (Å²) in [5.74, 6) is 1.01. The van der Waals surface area contributed by atoms with Crippen LogP contribution in [-0.2, 0) is 4.74 Å². The van der Waals surface area contributed by atoms with Gasteiger partial charge in [-0.15, -0.1) is 0 Å². The summed E-state index contributed by atoms with van der Waals surface area (Å²) in [4.78, 5) is 0. The molecule has 0 aromatic carbocycles. The molecule has 1 N–H and O–H groups in total. The van der Waals surface area contributed by atoms with Crippen molar-refractivity contribution < 1.29 is 4.74 Å². The third-order valence-corrected chi connectivity index (χ3v) is 2.74. The molecular weight excluding hydrogens is 150 g/mol. The Morgan fingerprint density at radius 3 is 2.58 bits per heavy atom. The Hall–Kier alpha value is -0.0800. The molecule has 0 spiro atoms. The fraction of sp³-hybridized carbons (Fsp3) is 1.00. The Kier molecular flexibility index (Phi) is 4.02. The van der Waals surface area contributed by atoms with E-state index in [1.807, 2.05) is 0 Å². The van der Waals surface area contributed by atoms with Crippen LogP contribution >= 0.6 is 0 Å². The molecular formula is C10H21NO. The van der Waals surface area contributed by atoms with Gasteiger partial charge in [-0.2, -0.15) is 0 Å². The normalized spacial score (nSPS) is 22.2. The van der Waals surface area contributed by atoms with E-state index in [1.54, 1.807) is 7.11 Å². The Morgan fingerprint density at radius 1 is 1.50 bits per heavy atom. The summed E-state index contributed by atoms with van der Waals surface area (Å²) < 4.78 is 5.24. The molecule has 0 radical (unpaired) electrons. The first-order chi connectivity index (χ1) is 5.76. The van der Waals surface area contributed by atoms with E-state index >= 15 is 0 Å². The van der Waals surface area contributed by atoms with Crippen LogP contribution in [0.4, 0.5) is 0 Å². The van der Waals surface area contributed by atoms with Gasteiger partial charge < -0.3 is 10.1 Å². The Morgan fingerprint density at radius 2 is 2.17 bits per heavy atom. The van der Waals surface area contributed by atoms with Crippen molar-refractivity contribution in [2.24, 2.45) is 5.92 Å². The molecule has 1 fully saturated rings. The van der Waals surface area contributed by atoms with Gasteiger partial charge in [0.25, 0.3) is 0 Å². The van der Waals surface area contributed by atoms with E-state index in [0.29, 0.717) is 12.1 Å². The molecule has 1 rings (SSSR count). The van der Waals surface area contributed by atoms with Gasteiger partial charge in [0.1, 0.15) is 0 Å². The molecule has 1 saturated carbocycles. The number of hydrogen-bond donors (Lipinski definition) is 1. The molecule has 2 heteroatoms.